The fourth-order valence-electron chi connectivity index (χ4n) is 2.90. The molecule has 0 radical (unpaired) electrons. The molecule has 1 amide bonds. The number of nitrogens with one attached hydrogen (secondary N) is 1. The molecule has 0 unspecified atom stereocenters. The van der Waals surface area contributed by atoms with Crippen LogP contribution in [0.3, 0.4) is 0 Å². The molecule has 1 heterocycles. The van der Waals surface area contributed by atoms with Gasteiger partial charge in [-0.15, -0.1) is 11.3 Å². The Hall–Kier alpha value is -2.44. The topological polar surface area (TPSA) is 63.2 Å². The summed E-state index contributed by atoms with van der Waals surface area (Å²) in [5, 5.41) is 3.83. The second-order valence-electron chi connectivity index (χ2n) is 6.87. The van der Waals surface area contributed by atoms with Crippen molar-refractivity contribution in [2.45, 2.75) is 30.9 Å². The molecule has 28 heavy (non-hydrogen) atoms. The zero-order valence-electron chi connectivity index (χ0n) is 16.1. The van der Waals surface area contributed by atoms with Gasteiger partial charge in [0.15, 0.2) is 9.84 Å². The van der Waals surface area contributed by atoms with Crippen molar-refractivity contribution in [3.05, 3.63) is 87.1 Å². The molecule has 1 N–H and O–H groups in total. The van der Waals surface area contributed by atoms with Crippen LogP contribution in [-0.2, 0) is 9.84 Å². The number of hydrogen-bond acceptors (Lipinski definition) is 4. The summed E-state index contributed by atoms with van der Waals surface area (Å²) in [5.41, 5.74) is 3.65. The molecule has 3 aromatic rings. The van der Waals surface area contributed by atoms with Crippen LogP contribution in [0.15, 0.2) is 64.9 Å². The Morgan fingerprint density at radius 1 is 1.00 bits per heavy atom. The van der Waals surface area contributed by atoms with E-state index in [0.29, 0.717) is 10.4 Å². The monoisotopic (exact) mass is 413 g/mol. The van der Waals surface area contributed by atoms with E-state index in [1.165, 1.54) is 11.3 Å². The number of hydrogen-bond donors (Lipinski definition) is 1. The van der Waals surface area contributed by atoms with E-state index in [1.807, 2.05) is 44.4 Å². The Kier molecular flexibility index (Phi) is 6.01. The second kappa shape index (κ2) is 8.29. The van der Waals surface area contributed by atoms with Gasteiger partial charge in [0.25, 0.3) is 5.91 Å². The van der Waals surface area contributed by atoms with Gasteiger partial charge in [0.05, 0.1) is 4.90 Å². The van der Waals surface area contributed by atoms with Crippen LogP contribution in [-0.4, -0.2) is 20.9 Å². The first-order valence-electron chi connectivity index (χ1n) is 8.98. The fraction of sp³-hybridized carbons (Fsp3) is 0.227. The molecular weight excluding hydrogens is 390 g/mol. The lowest BCUT2D eigenvalue weighted by atomic mass is 10.1. The second-order valence-corrected chi connectivity index (χ2v) is 9.98. The Bertz CT molecular complexity index is 1070. The van der Waals surface area contributed by atoms with E-state index in [9.17, 15) is 13.2 Å². The lowest BCUT2D eigenvalue weighted by Crippen LogP contribution is -2.31. The predicted octanol–water partition coefficient (Wildman–Crippen LogP) is 4.62. The normalized spacial score (nSPS) is 12.5. The number of thiophene rings is 1. The van der Waals surface area contributed by atoms with E-state index in [0.717, 1.165) is 16.7 Å². The summed E-state index contributed by atoms with van der Waals surface area (Å²) in [6.07, 6.45) is 0. The molecule has 3 rings (SSSR count). The molecular formula is C22H23NO3S2. The van der Waals surface area contributed by atoms with Gasteiger partial charge in [0.1, 0.15) is 5.25 Å². The van der Waals surface area contributed by atoms with Gasteiger partial charge in [-0.2, -0.15) is 0 Å². The molecule has 0 saturated carbocycles. The quantitative estimate of drug-likeness (QED) is 0.641. The zero-order chi connectivity index (χ0) is 20.3. The average molecular weight is 414 g/mol. The molecule has 0 aliphatic heterocycles. The van der Waals surface area contributed by atoms with Gasteiger partial charge in [0.2, 0.25) is 0 Å². The molecule has 0 spiro atoms. The van der Waals surface area contributed by atoms with E-state index in [4.69, 9.17) is 0 Å². The summed E-state index contributed by atoms with van der Waals surface area (Å²) in [6, 6.07) is 15.9. The molecule has 0 aliphatic carbocycles. The van der Waals surface area contributed by atoms with Crippen LogP contribution >= 0.6 is 11.3 Å². The van der Waals surface area contributed by atoms with E-state index in [2.05, 4.69) is 5.32 Å². The van der Waals surface area contributed by atoms with Crippen LogP contribution in [0.2, 0.25) is 0 Å². The highest BCUT2D eigenvalue weighted by Crippen LogP contribution is 2.31. The van der Waals surface area contributed by atoms with Gasteiger partial charge in [-0.05, 0) is 67.6 Å². The first kappa shape index (κ1) is 20.3. The van der Waals surface area contributed by atoms with Crippen LogP contribution in [0.4, 0.5) is 0 Å². The van der Waals surface area contributed by atoms with E-state index in [1.54, 1.807) is 36.4 Å². The Morgan fingerprint density at radius 3 is 2.32 bits per heavy atom. The SMILES string of the molecule is Cc1ccc(S(=O)(=O)[C@@H](CNC(=O)c2ccc(C)c(C)c2)c2cccs2)cc1. The zero-order valence-corrected chi connectivity index (χ0v) is 17.7. The molecule has 0 aliphatic rings. The van der Waals surface area contributed by atoms with E-state index in [-0.39, 0.29) is 17.3 Å². The minimum Gasteiger partial charge on any atom is -0.350 e. The number of carbonyl (C=O) groups is 1. The van der Waals surface area contributed by atoms with Crippen molar-refractivity contribution in [3.8, 4) is 0 Å². The van der Waals surface area contributed by atoms with Crippen molar-refractivity contribution in [2.75, 3.05) is 6.54 Å². The van der Waals surface area contributed by atoms with Gasteiger partial charge in [0, 0.05) is 17.0 Å². The molecule has 6 heteroatoms. The minimum absolute atomic E-state index is 0.0163. The molecule has 0 bridgehead atoms. The third kappa shape index (κ3) is 4.34. The molecule has 1 aromatic heterocycles. The fourth-order valence-corrected chi connectivity index (χ4v) is 5.68. The van der Waals surface area contributed by atoms with Crippen LogP contribution in [0.25, 0.3) is 0 Å². The highest BCUT2D eigenvalue weighted by atomic mass is 32.2. The van der Waals surface area contributed by atoms with Gasteiger partial charge < -0.3 is 5.32 Å². The number of amides is 1. The first-order chi connectivity index (χ1) is 13.3. The van der Waals surface area contributed by atoms with Gasteiger partial charge in [-0.3, -0.25) is 4.79 Å². The number of aryl methyl sites for hydroxylation is 3. The van der Waals surface area contributed by atoms with Crippen molar-refractivity contribution < 1.29 is 13.2 Å². The minimum atomic E-state index is -3.64. The van der Waals surface area contributed by atoms with Crippen molar-refractivity contribution in [2.24, 2.45) is 0 Å². The molecule has 2 aromatic carbocycles. The lowest BCUT2D eigenvalue weighted by Gasteiger charge is -2.18. The molecule has 0 saturated heterocycles. The Morgan fingerprint density at radius 2 is 1.71 bits per heavy atom. The summed E-state index contributed by atoms with van der Waals surface area (Å²) in [7, 11) is -3.64. The predicted molar refractivity (Wildman–Crippen MR) is 114 cm³/mol. The highest BCUT2D eigenvalue weighted by Gasteiger charge is 2.30. The first-order valence-corrected chi connectivity index (χ1v) is 11.4. The third-order valence-electron chi connectivity index (χ3n) is 4.80. The largest absolute Gasteiger partial charge is 0.350 e. The van der Waals surface area contributed by atoms with Crippen LogP contribution in [0.1, 0.15) is 37.2 Å². The van der Waals surface area contributed by atoms with Gasteiger partial charge >= 0.3 is 0 Å². The van der Waals surface area contributed by atoms with Crippen molar-refractivity contribution in [1.29, 1.82) is 0 Å². The summed E-state index contributed by atoms with van der Waals surface area (Å²) >= 11 is 1.38. The number of rotatable bonds is 6. The molecule has 4 nitrogen and oxygen atoms in total. The molecule has 0 fully saturated rings. The Balaban J connectivity index is 1.86. The van der Waals surface area contributed by atoms with Crippen LogP contribution in [0, 0.1) is 20.8 Å². The number of benzene rings is 2. The smallest absolute Gasteiger partial charge is 0.251 e. The maximum Gasteiger partial charge on any atom is 0.251 e. The van der Waals surface area contributed by atoms with Crippen molar-refractivity contribution in [3.63, 3.8) is 0 Å². The highest BCUT2D eigenvalue weighted by molar-refractivity contribution is 7.91. The van der Waals surface area contributed by atoms with Crippen molar-refractivity contribution in [1.82, 2.24) is 5.32 Å². The van der Waals surface area contributed by atoms with Gasteiger partial charge in [-0.25, -0.2) is 8.42 Å². The number of sulfone groups is 1. The third-order valence-corrected chi connectivity index (χ3v) is 8.04. The summed E-state index contributed by atoms with van der Waals surface area (Å²) in [6.45, 7) is 5.86. The lowest BCUT2D eigenvalue weighted by molar-refractivity contribution is 0.0953. The number of carbonyl (C=O) groups excluding carboxylic acids is 1. The van der Waals surface area contributed by atoms with Crippen LogP contribution < -0.4 is 5.32 Å². The Labute approximate surface area is 170 Å². The summed E-state index contributed by atoms with van der Waals surface area (Å²) in [4.78, 5) is 13.6. The standard InChI is InChI=1S/C22H23NO3S2/c1-15-6-10-19(11-7-15)28(25,26)21(20-5-4-12-27-20)14-23-22(24)18-9-8-16(2)17(3)13-18/h4-13,21H,14H2,1-3H3,(H,23,24)/t21-/m0/s1. The molecule has 1 atom stereocenters. The van der Waals surface area contributed by atoms with E-state index < -0.39 is 15.1 Å². The maximum atomic E-state index is 13.2. The molecule has 146 valence electrons. The van der Waals surface area contributed by atoms with Gasteiger partial charge in [-0.1, -0.05) is 29.8 Å². The summed E-state index contributed by atoms with van der Waals surface area (Å²) < 4.78 is 26.5. The summed E-state index contributed by atoms with van der Waals surface area (Å²) in [5.74, 6) is -0.274. The maximum absolute atomic E-state index is 13.2. The van der Waals surface area contributed by atoms with E-state index >= 15 is 0 Å². The average Bonchev–Trinajstić information content (AvgIpc) is 3.18. The van der Waals surface area contributed by atoms with Crippen LogP contribution in [0.5, 0.6) is 0 Å². The van der Waals surface area contributed by atoms with Crippen molar-refractivity contribution >= 4 is 27.1 Å².